The molecule has 0 bridgehead atoms. The smallest absolute Gasteiger partial charge is 0.253 e. The van der Waals surface area contributed by atoms with Crippen LogP contribution < -0.4 is 15.4 Å². The first-order chi connectivity index (χ1) is 14.7. The second-order valence-corrected chi connectivity index (χ2v) is 6.81. The average Bonchev–Trinajstić information content (AvgIpc) is 2.79. The van der Waals surface area contributed by atoms with Crippen LogP contribution in [0.1, 0.15) is 43.1 Å². The molecule has 0 spiro atoms. The van der Waals surface area contributed by atoms with E-state index in [1.807, 2.05) is 80.3 Å². The lowest BCUT2D eigenvalue weighted by Crippen LogP contribution is -2.38. The number of amides is 1. The molecule has 0 unspecified atom stereocenters. The predicted octanol–water partition coefficient (Wildman–Crippen LogP) is 3.69. The number of guanidine groups is 1. The number of ether oxygens (including phenoxy) is 1. The minimum absolute atomic E-state index is 0.0720. The molecule has 0 atom stereocenters. The van der Waals surface area contributed by atoms with Gasteiger partial charge in [-0.05, 0) is 57.0 Å². The van der Waals surface area contributed by atoms with E-state index in [1.54, 1.807) is 0 Å². The standard InChI is InChI=1S/C24H34N4O2/c1-4-25-24(26-17-10-18-30-22-11-8-7-9-12-22)27-19-20-13-15-21(16-14-20)23(29)28(5-2)6-3/h7-9,11-16H,4-6,10,17-19H2,1-3H3,(H2,25,26,27). The van der Waals surface area contributed by atoms with Crippen LogP contribution in [0.5, 0.6) is 5.75 Å². The Labute approximate surface area is 180 Å². The van der Waals surface area contributed by atoms with E-state index < -0.39 is 0 Å². The van der Waals surface area contributed by atoms with Crippen LogP contribution in [0.4, 0.5) is 0 Å². The molecule has 0 radical (unpaired) electrons. The van der Waals surface area contributed by atoms with Crippen LogP contribution in [0.25, 0.3) is 0 Å². The van der Waals surface area contributed by atoms with Gasteiger partial charge in [0.25, 0.3) is 5.91 Å². The van der Waals surface area contributed by atoms with E-state index in [-0.39, 0.29) is 5.91 Å². The van der Waals surface area contributed by atoms with Crippen molar-refractivity contribution in [2.75, 3.05) is 32.8 Å². The molecule has 1 amide bonds. The number of aliphatic imine (C=N–C) groups is 1. The molecular weight excluding hydrogens is 376 g/mol. The SMILES string of the molecule is CCNC(=NCc1ccc(C(=O)N(CC)CC)cc1)NCCCOc1ccccc1. The number of para-hydroxylation sites is 1. The van der Waals surface area contributed by atoms with E-state index in [9.17, 15) is 4.79 Å². The third-order valence-electron chi connectivity index (χ3n) is 4.64. The number of hydrogen-bond donors (Lipinski definition) is 2. The van der Waals surface area contributed by atoms with Crippen molar-refractivity contribution in [3.8, 4) is 5.75 Å². The van der Waals surface area contributed by atoms with Gasteiger partial charge in [-0.15, -0.1) is 0 Å². The zero-order valence-electron chi connectivity index (χ0n) is 18.4. The molecule has 30 heavy (non-hydrogen) atoms. The van der Waals surface area contributed by atoms with Gasteiger partial charge in [-0.3, -0.25) is 4.79 Å². The molecule has 0 fully saturated rings. The van der Waals surface area contributed by atoms with Gasteiger partial charge in [0.05, 0.1) is 13.2 Å². The summed E-state index contributed by atoms with van der Waals surface area (Å²) in [6, 6.07) is 17.5. The minimum atomic E-state index is 0.0720. The van der Waals surface area contributed by atoms with Crippen LogP contribution >= 0.6 is 0 Å². The molecule has 2 aromatic rings. The lowest BCUT2D eigenvalue weighted by atomic mass is 10.1. The van der Waals surface area contributed by atoms with Crippen molar-refractivity contribution in [1.82, 2.24) is 15.5 Å². The normalized spacial score (nSPS) is 11.1. The van der Waals surface area contributed by atoms with Gasteiger partial charge in [0.1, 0.15) is 5.75 Å². The Morgan fingerprint density at radius 3 is 2.30 bits per heavy atom. The largest absolute Gasteiger partial charge is 0.494 e. The summed E-state index contributed by atoms with van der Waals surface area (Å²) in [7, 11) is 0. The van der Waals surface area contributed by atoms with Crippen molar-refractivity contribution in [1.29, 1.82) is 0 Å². The highest BCUT2D eigenvalue weighted by atomic mass is 16.5. The molecule has 0 aliphatic rings. The number of carbonyl (C=O) groups excluding carboxylic acids is 1. The third-order valence-corrected chi connectivity index (χ3v) is 4.64. The van der Waals surface area contributed by atoms with Crippen LogP contribution in [0.3, 0.4) is 0 Å². The van der Waals surface area contributed by atoms with E-state index in [1.165, 1.54) is 0 Å². The topological polar surface area (TPSA) is 66.0 Å². The van der Waals surface area contributed by atoms with Gasteiger partial charge in [0.15, 0.2) is 5.96 Å². The van der Waals surface area contributed by atoms with Crippen LogP contribution in [0, 0.1) is 0 Å². The molecule has 0 aromatic heterocycles. The van der Waals surface area contributed by atoms with Crippen molar-refractivity contribution < 1.29 is 9.53 Å². The average molecular weight is 411 g/mol. The minimum Gasteiger partial charge on any atom is -0.494 e. The molecular formula is C24H34N4O2. The van der Waals surface area contributed by atoms with Gasteiger partial charge in [-0.1, -0.05) is 30.3 Å². The summed E-state index contributed by atoms with van der Waals surface area (Å²) < 4.78 is 5.71. The highest BCUT2D eigenvalue weighted by Gasteiger charge is 2.11. The van der Waals surface area contributed by atoms with Crippen LogP contribution in [0.15, 0.2) is 59.6 Å². The first-order valence-corrected chi connectivity index (χ1v) is 10.8. The molecule has 0 saturated heterocycles. The van der Waals surface area contributed by atoms with Gasteiger partial charge in [-0.2, -0.15) is 0 Å². The molecule has 162 valence electrons. The fraction of sp³-hybridized carbons (Fsp3) is 0.417. The van der Waals surface area contributed by atoms with E-state index >= 15 is 0 Å². The first kappa shape index (κ1) is 23.3. The first-order valence-electron chi connectivity index (χ1n) is 10.8. The summed E-state index contributed by atoms with van der Waals surface area (Å²) in [5.74, 6) is 1.74. The number of carbonyl (C=O) groups is 1. The monoisotopic (exact) mass is 410 g/mol. The molecule has 6 heteroatoms. The van der Waals surface area contributed by atoms with Crippen LogP contribution in [0.2, 0.25) is 0 Å². The van der Waals surface area contributed by atoms with E-state index in [2.05, 4.69) is 15.6 Å². The van der Waals surface area contributed by atoms with Gasteiger partial charge in [0, 0.05) is 31.7 Å². The van der Waals surface area contributed by atoms with Crippen LogP contribution in [-0.2, 0) is 6.54 Å². The van der Waals surface area contributed by atoms with Gasteiger partial charge in [0.2, 0.25) is 0 Å². The number of rotatable bonds is 11. The lowest BCUT2D eigenvalue weighted by molar-refractivity contribution is 0.0773. The maximum Gasteiger partial charge on any atom is 0.253 e. The number of benzene rings is 2. The number of nitrogens with zero attached hydrogens (tertiary/aromatic N) is 2. The Bertz CT molecular complexity index is 772. The van der Waals surface area contributed by atoms with E-state index in [0.717, 1.165) is 55.4 Å². The van der Waals surface area contributed by atoms with Crippen molar-refractivity contribution in [2.45, 2.75) is 33.7 Å². The van der Waals surface area contributed by atoms with Gasteiger partial charge < -0.3 is 20.3 Å². The summed E-state index contributed by atoms with van der Waals surface area (Å²) in [4.78, 5) is 18.9. The maximum atomic E-state index is 12.4. The molecule has 0 aliphatic heterocycles. The summed E-state index contributed by atoms with van der Waals surface area (Å²) in [6.07, 6.45) is 0.876. The zero-order chi connectivity index (χ0) is 21.6. The Kier molecular flexibility index (Phi) is 10.3. The van der Waals surface area contributed by atoms with Crippen molar-refractivity contribution in [3.05, 3.63) is 65.7 Å². The summed E-state index contributed by atoms with van der Waals surface area (Å²) in [5.41, 5.74) is 1.78. The number of hydrogen-bond acceptors (Lipinski definition) is 3. The molecule has 6 nitrogen and oxygen atoms in total. The van der Waals surface area contributed by atoms with E-state index in [0.29, 0.717) is 13.2 Å². The number of nitrogens with one attached hydrogen (secondary N) is 2. The maximum absolute atomic E-state index is 12.4. The second-order valence-electron chi connectivity index (χ2n) is 6.81. The Hall–Kier alpha value is -3.02. The predicted molar refractivity (Wildman–Crippen MR) is 123 cm³/mol. The summed E-state index contributed by atoms with van der Waals surface area (Å²) >= 11 is 0. The third kappa shape index (κ3) is 7.78. The molecule has 2 rings (SSSR count). The fourth-order valence-electron chi connectivity index (χ4n) is 2.94. The summed E-state index contributed by atoms with van der Waals surface area (Å²) in [6.45, 7) is 10.2. The fourth-order valence-corrected chi connectivity index (χ4v) is 2.94. The van der Waals surface area contributed by atoms with Gasteiger partial charge >= 0.3 is 0 Å². The van der Waals surface area contributed by atoms with E-state index in [4.69, 9.17) is 4.74 Å². The molecule has 0 aliphatic carbocycles. The Morgan fingerprint density at radius 1 is 0.967 bits per heavy atom. The van der Waals surface area contributed by atoms with Gasteiger partial charge in [-0.25, -0.2) is 4.99 Å². The Morgan fingerprint density at radius 2 is 1.67 bits per heavy atom. The quantitative estimate of drug-likeness (QED) is 0.337. The second kappa shape index (κ2) is 13.2. The lowest BCUT2D eigenvalue weighted by Gasteiger charge is -2.18. The van der Waals surface area contributed by atoms with Crippen molar-refractivity contribution >= 4 is 11.9 Å². The van der Waals surface area contributed by atoms with Crippen LogP contribution in [-0.4, -0.2) is 49.6 Å². The molecule has 2 aromatic carbocycles. The highest BCUT2D eigenvalue weighted by molar-refractivity contribution is 5.94. The zero-order valence-corrected chi connectivity index (χ0v) is 18.4. The van der Waals surface area contributed by atoms with Crippen molar-refractivity contribution in [3.63, 3.8) is 0 Å². The van der Waals surface area contributed by atoms with Crippen molar-refractivity contribution in [2.24, 2.45) is 4.99 Å². The Balaban J connectivity index is 1.81. The molecule has 0 saturated carbocycles. The highest BCUT2D eigenvalue weighted by Crippen LogP contribution is 2.09. The molecule has 2 N–H and O–H groups in total. The summed E-state index contributed by atoms with van der Waals surface area (Å²) in [5, 5.41) is 6.59. The molecule has 0 heterocycles.